The summed E-state index contributed by atoms with van der Waals surface area (Å²) in [7, 11) is 1.26. The van der Waals surface area contributed by atoms with Gasteiger partial charge in [0.1, 0.15) is 11.8 Å². The third-order valence-corrected chi connectivity index (χ3v) is 7.82. The average Bonchev–Trinajstić information content (AvgIpc) is 3.29. The minimum Gasteiger partial charge on any atom is -0.490 e. The molecule has 2 heterocycles. The molecule has 0 bridgehead atoms. The van der Waals surface area contributed by atoms with Crippen molar-refractivity contribution >= 4 is 45.3 Å². The quantitative estimate of drug-likeness (QED) is 0.281. The van der Waals surface area contributed by atoms with Crippen molar-refractivity contribution in [2.24, 2.45) is 4.99 Å². The summed E-state index contributed by atoms with van der Waals surface area (Å²) in [5, 5.41) is 8.79. The van der Waals surface area contributed by atoms with Gasteiger partial charge in [-0.2, -0.15) is 5.26 Å². The first-order chi connectivity index (χ1) is 20.7. The largest absolute Gasteiger partial charge is 0.490 e. The number of rotatable bonds is 11. The Hall–Kier alpha value is -4.41. The standard InChI is InChI=1S/C30H28BrN3O8S/c1-5-39-23-15-19(8-10-22(23)42-16-25(35)38-4)27-26(29(37)40-6-2)17(3)33-30-34(27)28(36)24(43-30)14-18-7-9-21(20(31)13-18)41-12-11-32/h7-10,13-15,27H,5-6,12,16H2,1-4H3/b24-14-/t27-/m1/s1. The Balaban J connectivity index is 1.86. The van der Waals surface area contributed by atoms with Gasteiger partial charge in [-0.3, -0.25) is 9.36 Å². The van der Waals surface area contributed by atoms with Gasteiger partial charge in [0.15, 0.2) is 29.5 Å². The highest BCUT2D eigenvalue weighted by atomic mass is 79.9. The number of aromatic nitrogens is 1. The van der Waals surface area contributed by atoms with Gasteiger partial charge in [0.25, 0.3) is 5.56 Å². The van der Waals surface area contributed by atoms with Crippen molar-refractivity contribution in [2.45, 2.75) is 26.8 Å². The third kappa shape index (κ3) is 6.98. The summed E-state index contributed by atoms with van der Waals surface area (Å²) in [5.74, 6) is -0.0249. The second-order valence-corrected chi connectivity index (χ2v) is 10.8. The van der Waals surface area contributed by atoms with E-state index >= 15 is 0 Å². The summed E-state index contributed by atoms with van der Waals surface area (Å²) >= 11 is 4.63. The molecule has 1 aliphatic rings. The average molecular weight is 671 g/mol. The van der Waals surface area contributed by atoms with Crippen molar-refractivity contribution in [2.75, 3.05) is 33.5 Å². The Labute approximate surface area is 259 Å². The van der Waals surface area contributed by atoms with Crippen molar-refractivity contribution in [1.82, 2.24) is 4.57 Å². The predicted molar refractivity (Wildman–Crippen MR) is 161 cm³/mol. The van der Waals surface area contributed by atoms with Gasteiger partial charge < -0.3 is 23.7 Å². The topological polar surface area (TPSA) is 138 Å². The highest BCUT2D eigenvalue weighted by Gasteiger charge is 2.34. The zero-order chi connectivity index (χ0) is 31.1. The molecule has 1 aliphatic heterocycles. The normalized spacial score (nSPS) is 14.3. The molecular formula is C30H28BrN3O8S. The van der Waals surface area contributed by atoms with Crippen molar-refractivity contribution in [1.29, 1.82) is 5.26 Å². The van der Waals surface area contributed by atoms with Crippen molar-refractivity contribution in [3.63, 3.8) is 0 Å². The van der Waals surface area contributed by atoms with E-state index in [1.54, 1.807) is 63.2 Å². The van der Waals surface area contributed by atoms with Gasteiger partial charge >= 0.3 is 11.9 Å². The number of carbonyl (C=O) groups is 2. The first-order valence-corrected chi connectivity index (χ1v) is 14.8. The van der Waals surface area contributed by atoms with Crippen molar-refractivity contribution in [3.05, 3.63) is 83.0 Å². The van der Waals surface area contributed by atoms with E-state index in [4.69, 9.17) is 24.2 Å². The highest BCUT2D eigenvalue weighted by Crippen LogP contribution is 2.36. The van der Waals surface area contributed by atoms with Crippen LogP contribution in [0, 0.1) is 11.3 Å². The lowest BCUT2D eigenvalue weighted by Gasteiger charge is -2.25. The van der Waals surface area contributed by atoms with E-state index in [0.717, 1.165) is 0 Å². The maximum atomic E-state index is 13.9. The maximum absolute atomic E-state index is 13.9. The molecule has 0 amide bonds. The van der Waals surface area contributed by atoms with Crippen LogP contribution in [-0.2, 0) is 19.1 Å². The van der Waals surface area contributed by atoms with Gasteiger partial charge in [0.2, 0.25) is 0 Å². The van der Waals surface area contributed by atoms with Crippen LogP contribution in [0.15, 0.2) is 61.9 Å². The molecule has 0 aliphatic carbocycles. The number of hydrogen-bond acceptors (Lipinski definition) is 11. The zero-order valence-corrected chi connectivity index (χ0v) is 26.2. The molecule has 11 nitrogen and oxygen atoms in total. The molecule has 13 heteroatoms. The van der Waals surface area contributed by atoms with Crippen LogP contribution in [0.25, 0.3) is 6.08 Å². The number of halogens is 1. The summed E-state index contributed by atoms with van der Waals surface area (Å²) in [4.78, 5) is 43.8. The maximum Gasteiger partial charge on any atom is 0.343 e. The second kappa shape index (κ2) is 14.2. The van der Waals surface area contributed by atoms with Crippen LogP contribution in [-0.4, -0.2) is 50.0 Å². The molecule has 1 aromatic heterocycles. The first-order valence-electron chi connectivity index (χ1n) is 13.2. The summed E-state index contributed by atoms with van der Waals surface area (Å²) in [6.07, 6.45) is 1.72. The van der Waals surface area contributed by atoms with Crippen molar-refractivity contribution < 1.29 is 33.3 Å². The van der Waals surface area contributed by atoms with E-state index in [1.165, 1.54) is 23.0 Å². The lowest BCUT2D eigenvalue weighted by atomic mass is 9.95. The molecular weight excluding hydrogens is 642 g/mol. The molecule has 2 aromatic carbocycles. The number of hydrogen-bond donors (Lipinski definition) is 0. The van der Waals surface area contributed by atoms with Crippen LogP contribution < -0.4 is 29.1 Å². The molecule has 3 aromatic rings. The molecule has 0 N–H and O–H groups in total. The summed E-state index contributed by atoms with van der Waals surface area (Å²) in [6.45, 7) is 5.23. The number of allylic oxidation sites excluding steroid dienone is 1. The number of nitrogens with zero attached hydrogens (tertiary/aromatic N) is 3. The number of esters is 2. The number of thiazole rings is 1. The van der Waals surface area contributed by atoms with Crippen molar-refractivity contribution in [3.8, 4) is 23.3 Å². The number of fused-ring (bicyclic) bond motifs is 1. The van der Waals surface area contributed by atoms with E-state index in [0.29, 0.717) is 54.5 Å². The molecule has 0 radical (unpaired) electrons. The Kier molecular flexibility index (Phi) is 10.4. The van der Waals surface area contributed by atoms with E-state index in [1.807, 2.05) is 6.07 Å². The molecule has 224 valence electrons. The number of carbonyl (C=O) groups excluding carboxylic acids is 2. The molecule has 0 saturated heterocycles. The molecule has 0 unspecified atom stereocenters. The van der Waals surface area contributed by atoms with Gasteiger partial charge in [-0.25, -0.2) is 14.6 Å². The van der Waals surface area contributed by atoms with E-state index in [9.17, 15) is 14.4 Å². The number of ether oxygens (including phenoxy) is 5. The van der Waals surface area contributed by atoms with Crippen LogP contribution in [0.5, 0.6) is 17.2 Å². The summed E-state index contributed by atoms with van der Waals surface area (Å²) in [6, 6.07) is 11.3. The predicted octanol–water partition coefficient (Wildman–Crippen LogP) is 3.41. The van der Waals surface area contributed by atoms with Crippen LogP contribution in [0.3, 0.4) is 0 Å². The second-order valence-electron chi connectivity index (χ2n) is 8.94. The van der Waals surface area contributed by atoms with Crippen LogP contribution in [0.1, 0.15) is 37.9 Å². The van der Waals surface area contributed by atoms with Gasteiger partial charge in [0, 0.05) is 0 Å². The van der Waals surface area contributed by atoms with Gasteiger partial charge in [-0.15, -0.1) is 0 Å². The van der Waals surface area contributed by atoms with Gasteiger partial charge in [-0.05, 0) is 78.2 Å². The Bertz CT molecular complexity index is 1800. The molecule has 1 atom stereocenters. The molecule has 0 spiro atoms. The zero-order valence-electron chi connectivity index (χ0n) is 23.8. The van der Waals surface area contributed by atoms with E-state index in [-0.39, 0.29) is 31.0 Å². The number of benzene rings is 2. The Morgan fingerprint density at radius 2 is 1.86 bits per heavy atom. The smallest absolute Gasteiger partial charge is 0.343 e. The van der Waals surface area contributed by atoms with E-state index in [2.05, 4.69) is 25.7 Å². The monoisotopic (exact) mass is 669 g/mol. The lowest BCUT2D eigenvalue weighted by Crippen LogP contribution is -2.40. The lowest BCUT2D eigenvalue weighted by molar-refractivity contribution is -0.143. The Morgan fingerprint density at radius 1 is 1.09 bits per heavy atom. The fraction of sp³-hybridized carbons (Fsp3) is 0.300. The first kappa shape index (κ1) is 31.5. The molecule has 0 fully saturated rings. The Morgan fingerprint density at radius 3 is 2.53 bits per heavy atom. The third-order valence-electron chi connectivity index (χ3n) is 6.22. The van der Waals surface area contributed by atoms with Crippen LogP contribution in [0.2, 0.25) is 0 Å². The van der Waals surface area contributed by atoms with Crippen LogP contribution in [0.4, 0.5) is 0 Å². The number of methoxy groups -OCH3 is 1. The summed E-state index contributed by atoms with van der Waals surface area (Å²) in [5.41, 5.74) is 1.55. The fourth-order valence-electron chi connectivity index (χ4n) is 4.37. The van der Waals surface area contributed by atoms with Gasteiger partial charge in [0.05, 0.1) is 46.6 Å². The summed E-state index contributed by atoms with van der Waals surface area (Å²) < 4.78 is 29.3. The minimum absolute atomic E-state index is 0.0951. The highest BCUT2D eigenvalue weighted by molar-refractivity contribution is 9.10. The minimum atomic E-state index is -0.875. The molecule has 0 saturated carbocycles. The molecule has 4 rings (SSSR count). The SMILES string of the molecule is CCOC(=O)C1=C(C)N=c2s/c(=C\c3ccc(OCC#N)c(Br)c3)c(=O)n2[C@@H]1c1ccc(OCC(=O)OC)c(OCC)c1. The van der Waals surface area contributed by atoms with Crippen LogP contribution >= 0.6 is 27.3 Å². The number of nitriles is 1. The van der Waals surface area contributed by atoms with E-state index < -0.39 is 18.0 Å². The van der Waals surface area contributed by atoms with Gasteiger partial charge in [-0.1, -0.05) is 23.5 Å². The molecule has 43 heavy (non-hydrogen) atoms. The fourth-order valence-corrected chi connectivity index (χ4v) is 5.93.